The Morgan fingerprint density at radius 2 is 2.08 bits per heavy atom. The molecule has 2 aromatic rings. The van der Waals surface area contributed by atoms with E-state index >= 15 is 0 Å². The van der Waals surface area contributed by atoms with Crippen molar-refractivity contribution in [2.75, 3.05) is 0 Å². The van der Waals surface area contributed by atoms with E-state index in [0.717, 1.165) is 17.5 Å². The second-order valence-electron chi connectivity index (χ2n) is 8.02. The van der Waals surface area contributed by atoms with Crippen molar-refractivity contribution in [3.63, 3.8) is 0 Å². The third-order valence-electron chi connectivity index (χ3n) is 6.51. The molecule has 5 nitrogen and oxygen atoms in total. The average molecular weight is 336 g/mol. The highest BCUT2D eigenvalue weighted by Gasteiger charge is 2.64. The highest BCUT2D eigenvalue weighted by atomic mass is 16.3. The molecule has 128 valence electrons. The lowest BCUT2D eigenvalue weighted by molar-refractivity contribution is -0.130. The number of benzene rings is 1. The van der Waals surface area contributed by atoms with Gasteiger partial charge in [0.25, 0.3) is 5.91 Å². The van der Waals surface area contributed by atoms with Crippen molar-refractivity contribution >= 4 is 22.6 Å². The predicted octanol–water partition coefficient (Wildman–Crippen LogP) is 2.83. The van der Waals surface area contributed by atoms with E-state index in [1.165, 1.54) is 17.9 Å². The van der Waals surface area contributed by atoms with Gasteiger partial charge in [0.05, 0.1) is 0 Å². The Morgan fingerprint density at radius 1 is 1.32 bits per heavy atom. The molecule has 25 heavy (non-hydrogen) atoms. The summed E-state index contributed by atoms with van der Waals surface area (Å²) < 4.78 is 0. The Kier molecular flexibility index (Phi) is 2.56. The van der Waals surface area contributed by atoms with E-state index in [0.29, 0.717) is 0 Å². The van der Waals surface area contributed by atoms with Crippen LogP contribution >= 0.6 is 0 Å². The van der Waals surface area contributed by atoms with Gasteiger partial charge in [-0.05, 0) is 50.3 Å². The largest absolute Gasteiger partial charge is 0.512 e. The van der Waals surface area contributed by atoms with Crippen LogP contribution in [0.5, 0.6) is 0 Å². The van der Waals surface area contributed by atoms with Gasteiger partial charge in [-0.3, -0.25) is 9.59 Å². The lowest BCUT2D eigenvalue weighted by atomic mass is 9.69. The first-order chi connectivity index (χ1) is 11.8. The number of carbonyl (C=O) groups is 2. The minimum Gasteiger partial charge on any atom is -0.512 e. The first-order valence-electron chi connectivity index (χ1n) is 8.70. The fraction of sp³-hybridized carbons (Fsp3) is 0.400. The maximum atomic E-state index is 13.0. The Hall–Kier alpha value is -2.56. The fourth-order valence-electron chi connectivity index (χ4n) is 5.45. The second-order valence-corrected chi connectivity index (χ2v) is 8.02. The van der Waals surface area contributed by atoms with Crippen molar-refractivity contribution in [1.29, 1.82) is 0 Å². The van der Waals surface area contributed by atoms with E-state index in [4.69, 9.17) is 0 Å². The number of fused-ring (bicyclic) bond motifs is 4. The standard InChI is InChI=1S/C20H20N2O3/c1-9(23)14-18(24)17-16-11-8-21-13-6-4-5-10(15(11)13)7-12(16)20(2,3)22(17)19(14)25/h4-6,8,12,16-17,21,23H,7H2,1-3H3/b14-9+/t12-,16-,17-/m1/s1. The first-order valence-corrected chi connectivity index (χ1v) is 8.70. The van der Waals surface area contributed by atoms with Crippen molar-refractivity contribution in [3.05, 3.63) is 46.9 Å². The number of allylic oxidation sites excluding steroid dienone is 1. The predicted molar refractivity (Wildman–Crippen MR) is 93.3 cm³/mol. The van der Waals surface area contributed by atoms with Gasteiger partial charge in [0.15, 0.2) is 5.78 Å². The molecule has 1 aromatic heterocycles. The summed E-state index contributed by atoms with van der Waals surface area (Å²) in [6.07, 6.45) is 2.85. The molecule has 3 heterocycles. The molecule has 2 fully saturated rings. The maximum absolute atomic E-state index is 13.0. The fourth-order valence-corrected chi connectivity index (χ4v) is 5.45. The van der Waals surface area contributed by atoms with Gasteiger partial charge in [-0.15, -0.1) is 0 Å². The van der Waals surface area contributed by atoms with Crippen LogP contribution in [-0.2, 0) is 16.0 Å². The molecule has 5 rings (SSSR count). The van der Waals surface area contributed by atoms with Gasteiger partial charge in [0.1, 0.15) is 17.4 Å². The van der Waals surface area contributed by atoms with Crippen molar-refractivity contribution in [1.82, 2.24) is 9.88 Å². The number of ketones is 1. The van der Waals surface area contributed by atoms with Gasteiger partial charge >= 0.3 is 0 Å². The Labute approximate surface area is 145 Å². The number of hydrogen-bond donors (Lipinski definition) is 2. The first kappa shape index (κ1) is 14.8. The highest BCUT2D eigenvalue weighted by molar-refractivity contribution is 6.27. The van der Waals surface area contributed by atoms with E-state index in [-0.39, 0.29) is 34.9 Å². The van der Waals surface area contributed by atoms with Crippen LogP contribution in [0.4, 0.5) is 0 Å². The minimum absolute atomic E-state index is 0.0352. The zero-order valence-electron chi connectivity index (χ0n) is 14.5. The summed E-state index contributed by atoms with van der Waals surface area (Å²) in [5.41, 5.74) is 2.99. The van der Waals surface area contributed by atoms with Gasteiger partial charge in [-0.1, -0.05) is 12.1 Å². The number of aromatic amines is 1. The van der Waals surface area contributed by atoms with Gasteiger partial charge < -0.3 is 15.0 Å². The molecule has 0 saturated carbocycles. The third-order valence-corrected chi connectivity index (χ3v) is 6.51. The van der Waals surface area contributed by atoms with Crippen molar-refractivity contribution < 1.29 is 14.7 Å². The number of rotatable bonds is 0. The lowest BCUT2D eigenvalue weighted by Gasteiger charge is -2.37. The summed E-state index contributed by atoms with van der Waals surface area (Å²) in [6, 6.07) is 5.72. The van der Waals surface area contributed by atoms with E-state index < -0.39 is 11.6 Å². The second kappa shape index (κ2) is 4.34. The van der Waals surface area contributed by atoms with E-state index in [9.17, 15) is 14.7 Å². The van der Waals surface area contributed by atoms with Crippen molar-refractivity contribution in [2.45, 2.75) is 44.7 Å². The average Bonchev–Trinajstić information content (AvgIpc) is 3.14. The Balaban J connectivity index is 1.78. The zero-order chi connectivity index (χ0) is 17.7. The van der Waals surface area contributed by atoms with Crippen LogP contribution in [0.1, 0.15) is 37.8 Å². The van der Waals surface area contributed by atoms with Crippen LogP contribution in [-0.4, -0.2) is 38.3 Å². The summed E-state index contributed by atoms with van der Waals surface area (Å²) in [7, 11) is 0. The molecule has 0 spiro atoms. The minimum atomic E-state index is -0.517. The quantitative estimate of drug-likeness (QED) is 0.441. The highest BCUT2D eigenvalue weighted by Crippen LogP contribution is 2.57. The number of carbonyl (C=O) groups excluding carboxylic acids is 2. The van der Waals surface area contributed by atoms with Gasteiger partial charge in [0, 0.05) is 28.6 Å². The summed E-state index contributed by atoms with van der Waals surface area (Å²) in [6.45, 7) is 5.51. The summed E-state index contributed by atoms with van der Waals surface area (Å²) in [5, 5.41) is 11.1. The van der Waals surface area contributed by atoms with Crippen LogP contribution < -0.4 is 0 Å². The molecule has 1 amide bonds. The molecule has 3 atom stereocenters. The molecule has 2 N–H and O–H groups in total. The van der Waals surface area contributed by atoms with Crippen molar-refractivity contribution in [3.8, 4) is 0 Å². The van der Waals surface area contributed by atoms with E-state index in [1.807, 2.05) is 32.2 Å². The lowest BCUT2D eigenvalue weighted by Crippen LogP contribution is -2.46. The number of aliphatic hydroxyl groups is 1. The van der Waals surface area contributed by atoms with Crippen LogP contribution in [0, 0.1) is 5.92 Å². The Bertz CT molecular complexity index is 994. The summed E-state index contributed by atoms with van der Waals surface area (Å²) in [5.74, 6) is -0.594. The molecule has 0 radical (unpaired) electrons. The van der Waals surface area contributed by atoms with E-state index in [1.54, 1.807) is 4.90 Å². The SMILES string of the molecule is C/C(O)=C1/C(=O)[C@H]2[C@@H]3c4c[nH]c5cccc(c45)C[C@H]3C(C)(C)N2C1=O. The molecule has 3 aliphatic rings. The molecule has 0 unspecified atom stereocenters. The number of H-pyrrole nitrogens is 1. The number of Topliss-reactive ketones (excluding diaryl/α,β-unsaturated/α-hetero) is 1. The van der Waals surface area contributed by atoms with Crippen LogP contribution in [0.3, 0.4) is 0 Å². The molecule has 5 heteroatoms. The summed E-state index contributed by atoms with van der Waals surface area (Å²) in [4.78, 5) is 31.0. The number of aliphatic hydroxyl groups excluding tert-OH is 1. The van der Waals surface area contributed by atoms with Crippen LogP contribution in [0.15, 0.2) is 35.7 Å². The molecule has 1 aliphatic carbocycles. The molecular formula is C20H20N2O3. The summed E-state index contributed by atoms with van der Waals surface area (Å²) >= 11 is 0. The number of nitrogens with zero attached hydrogens (tertiary/aromatic N) is 1. The number of nitrogens with one attached hydrogen (secondary N) is 1. The maximum Gasteiger partial charge on any atom is 0.262 e. The van der Waals surface area contributed by atoms with Gasteiger partial charge in [-0.25, -0.2) is 0 Å². The molecule has 2 aliphatic heterocycles. The number of hydrogen-bond acceptors (Lipinski definition) is 3. The van der Waals surface area contributed by atoms with Crippen LogP contribution in [0.25, 0.3) is 10.9 Å². The van der Waals surface area contributed by atoms with Crippen LogP contribution in [0.2, 0.25) is 0 Å². The Morgan fingerprint density at radius 3 is 2.80 bits per heavy atom. The number of amides is 1. The number of aromatic nitrogens is 1. The molecule has 1 aromatic carbocycles. The van der Waals surface area contributed by atoms with E-state index in [2.05, 4.69) is 11.1 Å². The monoisotopic (exact) mass is 336 g/mol. The molecular weight excluding hydrogens is 316 g/mol. The third kappa shape index (κ3) is 1.54. The molecule has 0 bridgehead atoms. The molecule has 2 saturated heterocycles. The smallest absolute Gasteiger partial charge is 0.262 e. The van der Waals surface area contributed by atoms with Crippen molar-refractivity contribution in [2.24, 2.45) is 5.92 Å². The van der Waals surface area contributed by atoms with Gasteiger partial charge in [-0.2, -0.15) is 0 Å². The van der Waals surface area contributed by atoms with Gasteiger partial charge in [0.2, 0.25) is 0 Å². The normalized spacial score (nSPS) is 31.5. The zero-order valence-corrected chi connectivity index (χ0v) is 14.5. The topological polar surface area (TPSA) is 73.4 Å².